The molecule has 2 aromatic rings. The van der Waals surface area contributed by atoms with Crippen LogP contribution in [0, 0.1) is 5.82 Å². The number of para-hydroxylation sites is 1. The molecule has 0 saturated carbocycles. The van der Waals surface area contributed by atoms with Gasteiger partial charge in [0.15, 0.2) is 0 Å². The van der Waals surface area contributed by atoms with Crippen molar-refractivity contribution in [2.24, 2.45) is 0 Å². The molecular formula is C18H18BrFN2O3S. The first-order valence-electron chi connectivity index (χ1n) is 8.22. The van der Waals surface area contributed by atoms with Gasteiger partial charge in [0, 0.05) is 11.0 Å². The zero-order valence-electron chi connectivity index (χ0n) is 13.9. The van der Waals surface area contributed by atoms with Gasteiger partial charge in [-0.1, -0.05) is 18.6 Å². The summed E-state index contributed by atoms with van der Waals surface area (Å²) < 4.78 is 41.0. The lowest BCUT2D eigenvalue weighted by Crippen LogP contribution is -2.49. The van der Waals surface area contributed by atoms with E-state index >= 15 is 0 Å². The highest BCUT2D eigenvalue weighted by molar-refractivity contribution is 9.10. The van der Waals surface area contributed by atoms with Crippen molar-refractivity contribution in [2.45, 2.75) is 30.2 Å². The number of piperidine rings is 1. The van der Waals surface area contributed by atoms with Crippen LogP contribution in [0.25, 0.3) is 0 Å². The number of carbonyl (C=O) groups excluding carboxylic acids is 1. The lowest BCUT2D eigenvalue weighted by Gasteiger charge is -2.33. The summed E-state index contributed by atoms with van der Waals surface area (Å²) in [4.78, 5) is 12.7. The maximum absolute atomic E-state index is 13.1. The highest BCUT2D eigenvalue weighted by Crippen LogP contribution is 2.28. The van der Waals surface area contributed by atoms with E-state index in [2.05, 4.69) is 21.2 Å². The van der Waals surface area contributed by atoms with Crippen molar-refractivity contribution in [3.05, 3.63) is 58.8 Å². The van der Waals surface area contributed by atoms with Crippen LogP contribution in [0.15, 0.2) is 57.9 Å². The molecule has 1 N–H and O–H groups in total. The van der Waals surface area contributed by atoms with Gasteiger partial charge in [0.2, 0.25) is 15.9 Å². The molecule has 1 amide bonds. The first-order valence-corrected chi connectivity index (χ1v) is 10.5. The molecule has 1 aliphatic heterocycles. The van der Waals surface area contributed by atoms with Crippen LogP contribution in [-0.4, -0.2) is 31.2 Å². The second kappa shape index (κ2) is 7.85. The number of anilines is 1. The SMILES string of the molecule is O=C(Nc1ccccc1Br)C1CCCCN1S(=O)(=O)c1ccc(F)cc1. The maximum atomic E-state index is 13.1. The van der Waals surface area contributed by atoms with Gasteiger partial charge in [0.25, 0.3) is 0 Å². The molecule has 3 rings (SSSR count). The number of sulfonamides is 1. The molecule has 0 aliphatic carbocycles. The predicted octanol–water partition coefficient (Wildman–Crippen LogP) is 3.77. The van der Waals surface area contributed by atoms with E-state index in [0.717, 1.165) is 23.0 Å². The molecule has 0 bridgehead atoms. The zero-order valence-corrected chi connectivity index (χ0v) is 16.3. The van der Waals surface area contributed by atoms with Crippen LogP contribution >= 0.6 is 15.9 Å². The Kier molecular flexibility index (Phi) is 5.74. The predicted molar refractivity (Wildman–Crippen MR) is 101 cm³/mol. The minimum absolute atomic E-state index is 0.0144. The van der Waals surface area contributed by atoms with Crippen molar-refractivity contribution >= 4 is 37.5 Å². The normalized spacial score (nSPS) is 18.5. The number of carbonyl (C=O) groups is 1. The third kappa shape index (κ3) is 3.97. The van der Waals surface area contributed by atoms with E-state index in [1.165, 1.54) is 16.4 Å². The van der Waals surface area contributed by atoms with E-state index in [4.69, 9.17) is 0 Å². The minimum Gasteiger partial charge on any atom is -0.324 e. The molecule has 1 unspecified atom stereocenters. The van der Waals surface area contributed by atoms with E-state index in [-0.39, 0.29) is 17.3 Å². The van der Waals surface area contributed by atoms with E-state index in [0.29, 0.717) is 18.5 Å². The topological polar surface area (TPSA) is 66.5 Å². The van der Waals surface area contributed by atoms with Gasteiger partial charge in [-0.3, -0.25) is 4.79 Å². The molecular weight excluding hydrogens is 423 g/mol. The number of rotatable bonds is 4. The summed E-state index contributed by atoms with van der Waals surface area (Å²) in [5, 5.41) is 2.79. The van der Waals surface area contributed by atoms with E-state index in [9.17, 15) is 17.6 Å². The molecule has 8 heteroatoms. The molecule has 2 aromatic carbocycles. The highest BCUT2D eigenvalue weighted by atomic mass is 79.9. The van der Waals surface area contributed by atoms with Crippen LogP contribution in [0.1, 0.15) is 19.3 Å². The van der Waals surface area contributed by atoms with Gasteiger partial charge in [-0.05, 0) is 65.2 Å². The van der Waals surface area contributed by atoms with Crippen molar-refractivity contribution in [1.29, 1.82) is 0 Å². The second-order valence-electron chi connectivity index (χ2n) is 6.05. The van der Waals surface area contributed by atoms with Gasteiger partial charge in [-0.25, -0.2) is 12.8 Å². The Labute approximate surface area is 160 Å². The molecule has 0 aromatic heterocycles. The minimum atomic E-state index is -3.88. The average molecular weight is 441 g/mol. The second-order valence-corrected chi connectivity index (χ2v) is 8.80. The van der Waals surface area contributed by atoms with Crippen LogP contribution in [0.4, 0.5) is 10.1 Å². The Morgan fingerprint density at radius 2 is 1.81 bits per heavy atom. The summed E-state index contributed by atoms with van der Waals surface area (Å²) in [5.41, 5.74) is 0.585. The Hall–Kier alpha value is -1.77. The van der Waals surface area contributed by atoms with Gasteiger partial charge in [0.05, 0.1) is 10.6 Å². The first-order chi connectivity index (χ1) is 12.4. The van der Waals surface area contributed by atoms with Gasteiger partial charge >= 0.3 is 0 Å². The number of nitrogens with zero attached hydrogens (tertiary/aromatic N) is 1. The van der Waals surface area contributed by atoms with Gasteiger partial charge in [-0.15, -0.1) is 0 Å². The zero-order chi connectivity index (χ0) is 18.7. The monoisotopic (exact) mass is 440 g/mol. The van der Waals surface area contributed by atoms with E-state index in [1.807, 2.05) is 6.07 Å². The Morgan fingerprint density at radius 3 is 2.50 bits per heavy atom. The highest BCUT2D eigenvalue weighted by Gasteiger charge is 2.37. The van der Waals surface area contributed by atoms with E-state index in [1.54, 1.807) is 18.2 Å². The molecule has 26 heavy (non-hydrogen) atoms. The van der Waals surface area contributed by atoms with Crippen molar-refractivity contribution in [2.75, 3.05) is 11.9 Å². The quantitative estimate of drug-likeness (QED) is 0.786. The standard InChI is InChI=1S/C18H18BrFN2O3S/c19-15-5-1-2-6-16(15)21-18(23)17-7-3-4-12-22(17)26(24,25)14-10-8-13(20)9-11-14/h1-2,5-6,8-11,17H,3-4,7,12H2,(H,21,23). The molecule has 0 radical (unpaired) electrons. The number of hydrogen-bond donors (Lipinski definition) is 1. The average Bonchev–Trinajstić information content (AvgIpc) is 2.64. The maximum Gasteiger partial charge on any atom is 0.243 e. The Bertz CT molecular complexity index is 903. The summed E-state index contributed by atoms with van der Waals surface area (Å²) in [5.74, 6) is -0.881. The molecule has 1 atom stereocenters. The van der Waals surface area contributed by atoms with Gasteiger partial charge in [0.1, 0.15) is 11.9 Å². The van der Waals surface area contributed by atoms with Gasteiger partial charge < -0.3 is 5.32 Å². The fraction of sp³-hybridized carbons (Fsp3) is 0.278. The first kappa shape index (κ1) is 19.0. The summed E-state index contributed by atoms with van der Waals surface area (Å²) in [7, 11) is -3.88. The molecule has 5 nitrogen and oxygen atoms in total. The molecule has 1 saturated heterocycles. The lowest BCUT2D eigenvalue weighted by atomic mass is 10.0. The van der Waals surface area contributed by atoms with Crippen LogP contribution in [0.3, 0.4) is 0 Å². The third-order valence-corrected chi connectivity index (χ3v) is 6.92. The van der Waals surface area contributed by atoms with Crippen LogP contribution in [0.5, 0.6) is 0 Å². The molecule has 1 fully saturated rings. The van der Waals surface area contributed by atoms with Crippen molar-refractivity contribution in [3.8, 4) is 0 Å². The summed E-state index contributed by atoms with van der Waals surface area (Å²) >= 11 is 3.36. The number of hydrogen-bond acceptors (Lipinski definition) is 3. The number of amides is 1. The number of nitrogens with one attached hydrogen (secondary N) is 1. The molecule has 138 valence electrons. The van der Waals surface area contributed by atoms with Crippen molar-refractivity contribution in [3.63, 3.8) is 0 Å². The fourth-order valence-electron chi connectivity index (χ4n) is 2.98. The summed E-state index contributed by atoms with van der Waals surface area (Å²) in [6, 6.07) is 11.0. The number of benzene rings is 2. The molecule has 1 heterocycles. The summed E-state index contributed by atoms with van der Waals surface area (Å²) in [6.45, 7) is 0.258. The van der Waals surface area contributed by atoms with Crippen molar-refractivity contribution in [1.82, 2.24) is 4.31 Å². The number of halogens is 2. The Morgan fingerprint density at radius 1 is 1.12 bits per heavy atom. The van der Waals surface area contributed by atoms with Crippen LogP contribution < -0.4 is 5.32 Å². The smallest absolute Gasteiger partial charge is 0.243 e. The van der Waals surface area contributed by atoms with Gasteiger partial charge in [-0.2, -0.15) is 4.31 Å². The van der Waals surface area contributed by atoms with Crippen LogP contribution in [-0.2, 0) is 14.8 Å². The van der Waals surface area contributed by atoms with Crippen LogP contribution in [0.2, 0.25) is 0 Å². The molecule has 0 spiro atoms. The lowest BCUT2D eigenvalue weighted by molar-refractivity contribution is -0.120. The van der Waals surface area contributed by atoms with E-state index < -0.39 is 21.9 Å². The summed E-state index contributed by atoms with van der Waals surface area (Å²) in [6.07, 6.45) is 1.89. The Balaban J connectivity index is 1.86. The largest absolute Gasteiger partial charge is 0.324 e. The fourth-order valence-corrected chi connectivity index (χ4v) is 5.02. The van der Waals surface area contributed by atoms with Crippen molar-refractivity contribution < 1.29 is 17.6 Å². The third-order valence-electron chi connectivity index (χ3n) is 4.31. The molecule has 1 aliphatic rings.